The molecular formula is C9H15BrO3. The Morgan fingerprint density at radius 1 is 1.38 bits per heavy atom. The number of hydrogen-bond donors (Lipinski definition) is 1. The molecule has 1 atom stereocenters. The highest BCUT2D eigenvalue weighted by Crippen LogP contribution is 2.02. The predicted molar refractivity (Wildman–Crippen MR) is 54.0 cm³/mol. The first-order chi connectivity index (χ1) is 6.13. The van der Waals surface area contributed by atoms with Crippen molar-refractivity contribution in [3.8, 4) is 0 Å². The lowest BCUT2D eigenvalue weighted by Crippen LogP contribution is -2.27. The van der Waals surface area contributed by atoms with E-state index in [1.807, 2.05) is 0 Å². The highest BCUT2D eigenvalue weighted by atomic mass is 79.9. The molecule has 4 heteroatoms. The van der Waals surface area contributed by atoms with Crippen LogP contribution in [0, 0.1) is 0 Å². The summed E-state index contributed by atoms with van der Waals surface area (Å²) in [6.07, 6.45) is 1.04. The first-order valence-corrected chi connectivity index (χ1v) is 5.56. The molecule has 0 aliphatic rings. The van der Waals surface area contributed by atoms with Crippen LogP contribution < -0.4 is 0 Å². The van der Waals surface area contributed by atoms with Crippen LogP contribution in [0.4, 0.5) is 0 Å². The zero-order chi connectivity index (χ0) is 10.3. The number of carbonyl (C=O) groups excluding carboxylic acids is 2. The Bertz CT molecular complexity index is 180. The molecule has 76 valence electrons. The third kappa shape index (κ3) is 5.16. The van der Waals surface area contributed by atoms with E-state index < -0.39 is 17.7 Å². The van der Waals surface area contributed by atoms with Crippen molar-refractivity contribution in [3.63, 3.8) is 0 Å². The van der Waals surface area contributed by atoms with Crippen LogP contribution in [-0.4, -0.2) is 28.1 Å². The van der Waals surface area contributed by atoms with Gasteiger partial charge in [-0.2, -0.15) is 0 Å². The van der Waals surface area contributed by atoms with Crippen LogP contribution in [0.5, 0.6) is 0 Å². The monoisotopic (exact) mass is 250 g/mol. The first kappa shape index (κ1) is 12.8. The van der Waals surface area contributed by atoms with Crippen molar-refractivity contribution in [3.05, 3.63) is 0 Å². The number of alkyl halides is 1. The van der Waals surface area contributed by atoms with Crippen LogP contribution in [-0.2, 0) is 9.59 Å². The predicted octanol–water partition coefficient (Wildman–Crippen LogP) is 1.46. The first-order valence-electron chi connectivity index (χ1n) is 4.44. The molecular weight excluding hydrogens is 236 g/mol. The molecule has 0 heterocycles. The zero-order valence-corrected chi connectivity index (χ0v) is 9.34. The van der Waals surface area contributed by atoms with Crippen molar-refractivity contribution < 1.29 is 14.7 Å². The topological polar surface area (TPSA) is 54.4 Å². The quantitative estimate of drug-likeness (QED) is 0.423. The van der Waals surface area contributed by atoms with E-state index in [-0.39, 0.29) is 6.42 Å². The number of Topliss-reactive ketones (excluding diaryl/α,β-unsaturated/α-hetero) is 2. The van der Waals surface area contributed by atoms with Gasteiger partial charge in [-0.05, 0) is 19.3 Å². The van der Waals surface area contributed by atoms with E-state index in [2.05, 4.69) is 15.9 Å². The van der Waals surface area contributed by atoms with Crippen molar-refractivity contribution >= 4 is 27.5 Å². The van der Waals surface area contributed by atoms with Crippen LogP contribution in [0.3, 0.4) is 0 Å². The Kier molecular flexibility index (Phi) is 7.09. The lowest BCUT2D eigenvalue weighted by atomic mass is 10.1. The van der Waals surface area contributed by atoms with Gasteiger partial charge in [0.15, 0.2) is 0 Å². The van der Waals surface area contributed by atoms with Crippen LogP contribution in [0.15, 0.2) is 0 Å². The number of hydrogen-bond acceptors (Lipinski definition) is 3. The minimum atomic E-state index is -1.10. The number of aliphatic hydroxyl groups excluding tert-OH is 1. The van der Waals surface area contributed by atoms with E-state index >= 15 is 0 Å². The molecule has 0 aromatic carbocycles. The SMILES string of the molecule is CCC(O)C(=O)C(=O)CCCCBr. The molecule has 0 rings (SSSR count). The van der Waals surface area contributed by atoms with Gasteiger partial charge in [0.1, 0.15) is 6.10 Å². The van der Waals surface area contributed by atoms with Crippen molar-refractivity contribution in [1.82, 2.24) is 0 Å². The van der Waals surface area contributed by atoms with Gasteiger partial charge in [-0.25, -0.2) is 0 Å². The lowest BCUT2D eigenvalue weighted by Gasteiger charge is -2.04. The van der Waals surface area contributed by atoms with Gasteiger partial charge < -0.3 is 5.11 Å². The summed E-state index contributed by atoms with van der Waals surface area (Å²) in [5, 5.41) is 9.91. The van der Waals surface area contributed by atoms with Crippen LogP contribution in [0.2, 0.25) is 0 Å². The molecule has 0 aliphatic carbocycles. The lowest BCUT2D eigenvalue weighted by molar-refractivity contribution is -0.141. The van der Waals surface area contributed by atoms with Gasteiger partial charge in [0.2, 0.25) is 11.6 Å². The van der Waals surface area contributed by atoms with E-state index in [1.54, 1.807) is 6.92 Å². The molecule has 0 fully saturated rings. The minimum absolute atomic E-state index is 0.251. The van der Waals surface area contributed by atoms with Gasteiger partial charge in [0.05, 0.1) is 0 Å². The number of carbonyl (C=O) groups is 2. The summed E-state index contributed by atoms with van der Waals surface area (Å²) in [6, 6.07) is 0. The van der Waals surface area contributed by atoms with Gasteiger partial charge >= 0.3 is 0 Å². The summed E-state index contributed by atoms with van der Waals surface area (Å²) in [6.45, 7) is 1.67. The number of ketones is 2. The van der Waals surface area contributed by atoms with Crippen LogP contribution in [0.1, 0.15) is 32.6 Å². The number of aliphatic hydroxyl groups is 1. The molecule has 0 amide bonds. The van der Waals surface area contributed by atoms with E-state index in [0.29, 0.717) is 12.8 Å². The van der Waals surface area contributed by atoms with Gasteiger partial charge in [-0.3, -0.25) is 9.59 Å². The second-order valence-corrected chi connectivity index (χ2v) is 3.65. The summed E-state index contributed by atoms with van der Waals surface area (Å²) in [4.78, 5) is 22.2. The molecule has 0 radical (unpaired) electrons. The Morgan fingerprint density at radius 2 is 2.00 bits per heavy atom. The Balaban J connectivity index is 3.76. The fourth-order valence-corrected chi connectivity index (χ4v) is 1.27. The summed E-state index contributed by atoms with van der Waals surface area (Å²) in [7, 11) is 0. The Morgan fingerprint density at radius 3 is 2.46 bits per heavy atom. The molecule has 0 saturated heterocycles. The molecule has 13 heavy (non-hydrogen) atoms. The number of halogens is 1. The van der Waals surface area contributed by atoms with Crippen molar-refractivity contribution in [2.45, 2.75) is 38.7 Å². The summed E-state index contributed by atoms with van der Waals surface area (Å²) >= 11 is 3.23. The van der Waals surface area contributed by atoms with E-state index in [9.17, 15) is 9.59 Å². The third-order valence-electron chi connectivity index (χ3n) is 1.75. The average molecular weight is 251 g/mol. The van der Waals surface area contributed by atoms with Gasteiger partial charge in [-0.15, -0.1) is 0 Å². The molecule has 1 N–H and O–H groups in total. The maximum absolute atomic E-state index is 11.1. The van der Waals surface area contributed by atoms with E-state index in [1.165, 1.54) is 0 Å². The van der Waals surface area contributed by atoms with Gasteiger partial charge in [-0.1, -0.05) is 22.9 Å². The molecule has 0 spiro atoms. The van der Waals surface area contributed by atoms with Gasteiger partial charge in [0, 0.05) is 11.8 Å². The maximum Gasteiger partial charge on any atom is 0.226 e. The van der Waals surface area contributed by atoms with E-state index in [0.717, 1.165) is 11.8 Å². The second kappa shape index (κ2) is 7.21. The molecule has 3 nitrogen and oxygen atoms in total. The summed E-state index contributed by atoms with van der Waals surface area (Å²) in [5.41, 5.74) is 0. The molecule has 0 aliphatic heterocycles. The fraction of sp³-hybridized carbons (Fsp3) is 0.778. The number of rotatable bonds is 7. The van der Waals surface area contributed by atoms with Crippen molar-refractivity contribution in [2.24, 2.45) is 0 Å². The zero-order valence-electron chi connectivity index (χ0n) is 7.75. The Hall–Kier alpha value is -0.220. The standard InChI is InChI=1S/C9H15BrO3/c1-2-7(11)9(13)8(12)5-3-4-6-10/h7,11H,2-6H2,1H3. The van der Waals surface area contributed by atoms with Crippen molar-refractivity contribution in [1.29, 1.82) is 0 Å². The minimum Gasteiger partial charge on any atom is -0.385 e. The second-order valence-electron chi connectivity index (χ2n) is 2.86. The average Bonchev–Trinajstić information content (AvgIpc) is 2.15. The molecule has 0 aromatic rings. The van der Waals surface area contributed by atoms with Crippen LogP contribution in [0.25, 0.3) is 0 Å². The fourth-order valence-electron chi connectivity index (χ4n) is 0.874. The molecule has 0 saturated carbocycles. The molecule has 0 aromatic heterocycles. The van der Waals surface area contributed by atoms with Crippen molar-refractivity contribution in [2.75, 3.05) is 5.33 Å². The largest absolute Gasteiger partial charge is 0.385 e. The normalized spacial score (nSPS) is 12.5. The maximum atomic E-state index is 11.1. The molecule has 1 unspecified atom stereocenters. The molecule has 0 bridgehead atoms. The third-order valence-corrected chi connectivity index (χ3v) is 2.31. The highest BCUT2D eigenvalue weighted by Gasteiger charge is 2.20. The summed E-state index contributed by atoms with van der Waals surface area (Å²) in [5.74, 6) is -1.09. The highest BCUT2D eigenvalue weighted by molar-refractivity contribution is 9.09. The smallest absolute Gasteiger partial charge is 0.226 e. The van der Waals surface area contributed by atoms with E-state index in [4.69, 9.17) is 5.11 Å². The number of unbranched alkanes of at least 4 members (excludes halogenated alkanes) is 1. The van der Waals surface area contributed by atoms with Crippen LogP contribution >= 0.6 is 15.9 Å². The van der Waals surface area contributed by atoms with Gasteiger partial charge in [0.25, 0.3) is 0 Å². The Labute approximate surface area is 86.6 Å². The summed E-state index contributed by atoms with van der Waals surface area (Å²) < 4.78 is 0.